The van der Waals surface area contributed by atoms with Crippen LogP contribution in [0.3, 0.4) is 0 Å². The molecule has 0 aliphatic heterocycles. The van der Waals surface area contributed by atoms with Gasteiger partial charge in [-0.3, -0.25) is 9.59 Å². The topological polar surface area (TPSA) is 86.7 Å². The zero-order valence-corrected chi connectivity index (χ0v) is 15.4. The largest absolute Gasteiger partial charge is 0.468 e. The van der Waals surface area contributed by atoms with Crippen molar-refractivity contribution in [2.75, 3.05) is 13.4 Å². The molecule has 1 aromatic carbocycles. The van der Waals surface area contributed by atoms with Crippen molar-refractivity contribution < 1.29 is 18.8 Å². The number of carbonyl (C=O) groups excluding carboxylic acids is 2. The monoisotopic (exact) mass is 377 g/mol. The molecule has 2 aromatic heterocycles. The van der Waals surface area contributed by atoms with Crippen LogP contribution in [0.5, 0.6) is 0 Å². The van der Waals surface area contributed by atoms with Crippen molar-refractivity contribution in [2.24, 2.45) is 4.99 Å². The van der Waals surface area contributed by atoms with Crippen molar-refractivity contribution >= 4 is 45.2 Å². The van der Waals surface area contributed by atoms with Crippen LogP contribution in [0.4, 0.5) is 0 Å². The SMILES string of the molecule is COC(=O)Cn1c(=NC(=O)c2cc(C)on2)sc2cc(SC)ccc21. The fourth-order valence-electron chi connectivity index (χ4n) is 2.22. The number of benzene rings is 1. The van der Waals surface area contributed by atoms with Crippen LogP contribution in [0.1, 0.15) is 16.2 Å². The lowest BCUT2D eigenvalue weighted by molar-refractivity contribution is -0.141. The first kappa shape index (κ1) is 17.4. The third-order valence-corrected chi connectivity index (χ3v) is 5.22. The molecule has 130 valence electrons. The number of rotatable bonds is 4. The van der Waals surface area contributed by atoms with Gasteiger partial charge in [0.05, 0.1) is 17.3 Å². The van der Waals surface area contributed by atoms with Crippen LogP contribution < -0.4 is 4.80 Å². The second-order valence-corrected chi connectivity index (χ2v) is 7.01. The first-order valence-corrected chi connectivity index (χ1v) is 9.32. The number of amides is 1. The first-order chi connectivity index (χ1) is 12.0. The second kappa shape index (κ2) is 7.24. The number of thioether (sulfide) groups is 1. The summed E-state index contributed by atoms with van der Waals surface area (Å²) in [6, 6.07) is 7.39. The maximum absolute atomic E-state index is 12.3. The van der Waals surface area contributed by atoms with E-state index in [1.807, 2.05) is 24.5 Å². The third kappa shape index (κ3) is 3.67. The van der Waals surface area contributed by atoms with Crippen LogP contribution in [-0.2, 0) is 16.1 Å². The molecule has 25 heavy (non-hydrogen) atoms. The van der Waals surface area contributed by atoms with Crippen molar-refractivity contribution in [3.05, 3.63) is 40.5 Å². The van der Waals surface area contributed by atoms with Crippen molar-refractivity contribution in [3.8, 4) is 0 Å². The van der Waals surface area contributed by atoms with E-state index in [0.717, 1.165) is 15.1 Å². The van der Waals surface area contributed by atoms with E-state index in [2.05, 4.69) is 10.1 Å². The number of hydrogen-bond donors (Lipinski definition) is 0. The Morgan fingerprint density at radius 3 is 2.84 bits per heavy atom. The predicted molar refractivity (Wildman–Crippen MR) is 94.7 cm³/mol. The third-order valence-electron chi connectivity index (χ3n) is 3.45. The maximum atomic E-state index is 12.3. The Hall–Kier alpha value is -2.39. The smallest absolute Gasteiger partial charge is 0.325 e. The summed E-state index contributed by atoms with van der Waals surface area (Å²) in [5.41, 5.74) is 0.945. The molecule has 0 radical (unpaired) electrons. The number of esters is 1. The van der Waals surface area contributed by atoms with Gasteiger partial charge < -0.3 is 13.8 Å². The van der Waals surface area contributed by atoms with Gasteiger partial charge in [0.2, 0.25) is 0 Å². The average molecular weight is 377 g/mol. The van der Waals surface area contributed by atoms with Gasteiger partial charge in [-0.15, -0.1) is 11.8 Å². The lowest BCUT2D eigenvalue weighted by atomic mass is 10.3. The van der Waals surface area contributed by atoms with Gasteiger partial charge in [-0.05, 0) is 31.4 Å². The van der Waals surface area contributed by atoms with E-state index in [-0.39, 0.29) is 12.2 Å². The van der Waals surface area contributed by atoms with E-state index >= 15 is 0 Å². The Bertz CT molecular complexity index is 1020. The number of methoxy groups -OCH3 is 1. The Morgan fingerprint density at radius 1 is 1.40 bits per heavy atom. The molecular formula is C16H15N3O4S2. The molecule has 0 fully saturated rings. The van der Waals surface area contributed by atoms with E-state index in [1.165, 1.54) is 24.5 Å². The number of fused-ring (bicyclic) bond motifs is 1. The van der Waals surface area contributed by atoms with E-state index in [9.17, 15) is 9.59 Å². The van der Waals surface area contributed by atoms with E-state index in [1.54, 1.807) is 23.3 Å². The molecule has 3 aromatic rings. The average Bonchev–Trinajstić information content (AvgIpc) is 3.18. The zero-order chi connectivity index (χ0) is 18.0. The molecule has 0 N–H and O–H groups in total. The fourth-order valence-corrected chi connectivity index (χ4v) is 3.81. The molecule has 1 amide bonds. The van der Waals surface area contributed by atoms with E-state index in [0.29, 0.717) is 10.6 Å². The van der Waals surface area contributed by atoms with E-state index < -0.39 is 11.9 Å². The zero-order valence-electron chi connectivity index (χ0n) is 13.8. The molecule has 0 aliphatic carbocycles. The molecule has 0 saturated heterocycles. The minimum atomic E-state index is -0.521. The molecule has 0 unspecified atom stereocenters. The quantitative estimate of drug-likeness (QED) is 0.513. The van der Waals surface area contributed by atoms with Gasteiger partial charge in [-0.1, -0.05) is 16.5 Å². The molecule has 0 bridgehead atoms. The lowest BCUT2D eigenvalue weighted by Gasteiger charge is -2.04. The number of ether oxygens (including phenoxy) is 1. The van der Waals surface area contributed by atoms with Crippen LogP contribution in [-0.4, -0.2) is 35.0 Å². The Labute approximate surface area is 151 Å². The number of thiazole rings is 1. The highest BCUT2D eigenvalue weighted by molar-refractivity contribution is 7.98. The fraction of sp³-hybridized carbons (Fsp3) is 0.250. The normalized spacial score (nSPS) is 11.9. The molecule has 0 spiro atoms. The van der Waals surface area contributed by atoms with Crippen molar-refractivity contribution in [3.63, 3.8) is 0 Å². The summed E-state index contributed by atoms with van der Waals surface area (Å²) in [6.45, 7) is 1.67. The van der Waals surface area contributed by atoms with Gasteiger partial charge >= 0.3 is 11.9 Å². The first-order valence-electron chi connectivity index (χ1n) is 7.28. The molecule has 2 heterocycles. The minimum Gasteiger partial charge on any atom is -0.468 e. The Balaban J connectivity index is 2.14. The van der Waals surface area contributed by atoms with Gasteiger partial charge in [-0.25, -0.2) is 0 Å². The van der Waals surface area contributed by atoms with Gasteiger partial charge in [0, 0.05) is 11.0 Å². The molecule has 0 saturated carbocycles. The number of carbonyl (C=O) groups is 2. The van der Waals surface area contributed by atoms with Gasteiger partial charge in [0.25, 0.3) is 0 Å². The number of aromatic nitrogens is 2. The number of aryl methyl sites for hydroxylation is 1. The maximum Gasteiger partial charge on any atom is 0.325 e. The molecule has 0 aliphatic rings. The Kier molecular flexibility index (Phi) is 5.05. The summed E-state index contributed by atoms with van der Waals surface area (Å²) in [7, 11) is 1.32. The highest BCUT2D eigenvalue weighted by atomic mass is 32.2. The second-order valence-electron chi connectivity index (χ2n) is 5.12. The summed E-state index contributed by atoms with van der Waals surface area (Å²) in [4.78, 5) is 29.7. The van der Waals surface area contributed by atoms with Crippen molar-refractivity contribution in [1.82, 2.24) is 9.72 Å². The predicted octanol–water partition coefficient (Wildman–Crippen LogP) is 2.64. The van der Waals surface area contributed by atoms with Gasteiger partial charge in [0.1, 0.15) is 12.3 Å². The highest BCUT2D eigenvalue weighted by Gasteiger charge is 2.14. The molecular weight excluding hydrogens is 362 g/mol. The lowest BCUT2D eigenvalue weighted by Crippen LogP contribution is -2.22. The molecule has 9 heteroatoms. The van der Waals surface area contributed by atoms with E-state index in [4.69, 9.17) is 9.26 Å². The Morgan fingerprint density at radius 2 is 2.20 bits per heavy atom. The molecule has 0 atom stereocenters. The summed E-state index contributed by atoms with van der Waals surface area (Å²) in [6.07, 6.45) is 1.99. The summed E-state index contributed by atoms with van der Waals surface area (Å²) >= 11 is 2.95. The summed E-state index contributed by atoms with van der Waals surface area (Å²) < 4.78 is 12.3. The van der Waals surface area contributed by atoms with Crippen LogP contribution in [0.25, 0.3) is 10.2 Å². The molecule has 7 nitrogen and oxygen atoms in total. The number of nitrogens with zero attached hydrogens (tertiary/aromatic N) is 3. The standard InChI is InChI=1S/C16H15N3O4S2/c1-9-6-11(18-23-9)15(21)17-16-19(8-14(20)22-2)12-5-4-10(24-3)7-13(12)25-16/h4-7H,8H2,1-3H3. The van der Waals surface area contributed by atoms with Crippen LogP contribution in [0, 0.1) is 6.92 Å². The van der Waals surface area contributed by atoms with Gasteiger partial charge in [-0.2, -0.15) is 4.99 Å². The molecule has 3 rings (SSSR count). The van der Waals surface area contributed by atoms with Crippen molar-refractivity contribution in [2.45, 2.75) is 18.4 Å². The minimum absolute atomic E-state index is 0.0287. The summed E-state index contributed by atoms with van der Waals surface area (Å²) in [5.74, 6) is -0.408. The van der Waals surface area contributed by atoms with Crippen LogP contribution >= 0.6 is 23.1 Å². The highest BCUT2D eigenvalue weighted by Crippen LogP contribution is 2.24. The van der Waals surface area contributed by atoms with Crippen LogP contribution in [0.15, 0.2) is 38.7 Å². The van der Waals surface area contributed by atoms with Gasteiger partial charge in [0.15, 0.2) is 10.5 Å². The number of hydrogen-bond acceptors (Lipinski definition) is 7. The summed E-state index contributed by atoms with van der Waals surface area (Å²) in [5, 5.41) is 3.68. The van der Waals surface area contributed by atoms with Crippen LogP contribution in [0.2, 0.25) is 0 Å². The van der Waals surface area contributed by atoms with Crippen molar-refractivity contribution in [1.29, 1.82) is 0 Å².